The lowest BCUT2D eigenvalue weighted by Crippen LogP contribution is -2.47. The van der Waals surface area contributed by atoms with Crippen molar-refractivity contribution >= 4 is 23.0 Å². The molecule has 1 atom stereocenters. The van der Waals surface area contributed by atoms with Crippen LogP contribution in [0.3, 0.4) is 0 Å². The molecule has 1 aliphatic heterocycles. The predicted octanol–water partition coefficient (Wildman–Crippen LogP) is 3.77. The molecule has 1 aliphatic carbocycles. The Balaban J connectivity index is 1.36. The maximum atomic E-state index is 5.99. The van der Waals surface area contributed by atoms with E-state index in [1.54, 1.807) is 0 Å². The van der Waals surface area contributed by atoms with E-state index in [0.717, 1.165) is 43.4 Å². The first-order valence-electron chi connectivity index (χ1n) is 8.80. The summed E-state index contributed by atoms with van der Waals surface area (Å²) in [4.78, 5) is 5.06. The number of halogens is 1. The van der Waals surface area contributed by atoms with Crippen LogP contribution in [0.2, 0.25) is 5.02 Å². The first kappa shape index (κ1) is 15.8. The van der Waals surface area contributed by atoms with Gasteiger partial charge >= 0.3 is 0 Å². The first-order valence-corrected chi connectivity index (χ1v) is 9.18. The number of fused-ring (bicyclic) bond motifs is 1. The number of rotatable bonds is 3. The minimum atomic E-state index is 0.644. The summed E-state index contributed by atoms with van der Waals surface area (Å²) < 4.78 is 0. The van der Waals surface area contributed by atoms with Crippen LogP contribution in [0.15, 0.2) is 42.5 Å². The van der Waals surface area contributed by atoms with Gasteiger partial charge in [-0.3, -0.25) is 4.90 Å². The number of hydrogen-bond acceptors (Lipinski definition) is 3. The van der Waals surface area contributed by atoms with Gasteiger partial charge < -0.3 is 10.6 Å². The summed E-state index contributed by atoms with van der Waals surface area (Å²) in [6.07, 6.45) is 2.46. The molecule has 0 amide bonds. The zero-order chi connectivity index (χ0) is 16.5. The first-order chi connectivity index (χ1) is 11.7. The quantitative estimate of drug-likeness (QED) is 0.862. The normalized spacial score (nSPS) is 21.0. The highest BCUT2D eigenvalue weighted by atomic mass is 35.5. The third-order valence-electron chi connectivity index (χ3n) is 5.41. The van der Waals surface area contributed by atoms with Gasteiger partial charge in [0.25, 0.3) is 0 Å². The monoisotopic (exact) mass is 341 g/mol. The van der Waals surface area contributed by atoms with Crippen molar-refractivity contribution in [2.45, 2.75) is 18.8 Å². The van der Waals surface area contributed by atoms with Crippen LogP contribution in [0.5, 0.6) is 0 Å². The van der Waals surface area contributed by atoms with Gasteiger partial charge in [0.05, 0.1) is 0 Å². The Morgan fingerprint density at radius 2 is 1.75 bits per heavy atom. The number of nitrogens with two attached hydrogens (primary N) is 1. The van der Waals surface area contributed by atoms with E-state index in [1.165, 1.54) is 29.7 Å². The number of benzene rings is 2. The molecule has 0 radical (unpaired) electrons. The minimum absolute atomic E-state index is 0.644. The molecule has 0 spiro atoms. The molecule has 0 bridgehead atoms. The number of anilines is 2. The lowest BCUT2D eigenvalue weighted by molar-refractivity contribution is 0.241. The molecule has 1 saturated heterocycles. The topological polar surface area (TPSA) is 32.5 Å². The molecule has 2 aromatic carbocycles. The number of hydrogen-bond donors (Lipinski definition) is 1. The molecule has 2 aromatic rings. The van der Waals surface area contributed by atoms with Gasteiger partial charge in [0, 0.05) is 49.1 Å². The van der Waals surface area contributed by atoms with Crippen molar-refractivity contribution in [3.63, 3.8) is 0 Å². The Labute approximate surface area is 149 Å². The van der Waals surface area contributed by atoms with Crippen LogP contribution in [-0.2, 0) is 6.42 Å². The summed E-state index contributed by atoms with van der Waals surface area (Å²) >= 11 is 5.99. The summed E-state index contributed by atoms with van der Waals surface area (Å²) in [5.74, 6) is 0.644. The van der Waals surface area contributed by atoms with Crippen molar-refractivity contribution in [1.82, 2.24) is 4.90 Å². The summed E-state index contributed by atoms with van der Waals surface area (Å²) in [5.41, 5.74) is 11.1. The lowest BCUT2D eigenvalue weighted by atomic mass is 10.00. The second-order valence-corrected chi connectivity index (χ2v) is 7.39. The highest BCUT2D eigenvalue weighted by Crippen LogP contribution is 2.35. The van der Waals surface area contributed by atoms with E-state index < -0.39 is 0 Å². The number of nitrogens with zero attached hydrogens (tertiary/aromatic N) is 2. The standard InChI is InChI=1S/C20H24ClN3/c21-17-4-7-19(8-5-17)24-11-9-23(10-12-24)14-16-2-1-15-3-6-18(22)13-20(15)16/h3-8,13,16H,1-2,9-12,14,22H2. The van der Waals surface area contributed by atoms with Gasteiger partial charge in [-0.2, -0.15) is 0 Å². The fourth-order valence-electron chi connectivity index (χ4n) is 4.05. The molecule has 1 fully saturated rings. The van der Waals surface area contributed by atoms with Crippen LogP contribution in [0.1, 0.15) is 23.5 Å². The Morgan fingerprint density at radius 1 is 1.00 bits per heavy atom. The van der Waals surface area contributed by atoms with Gasteiger partial charge in [0.1, 0.15) is 0 Å². The molecular formula is C20H24ClN3. The van der Waals surface area contributed by atoms with Crippen molar-refractivity contribution in [3.8, 4) is 0 Å². The Kier molecular flexibility index (Phi) is 4.38. The van der Waals surface area contributed by atoms with Crippen LogP contribution in [0.4, 0.5) is 11.4 Å². The fraction of sp³-hybridized carbons (Fsp3) is 0.400. The van der Waals surface area contributed by atoms with Crippen LogP contribution in [-0.4, -0.2) is 37.6 Å². The molecule has 126 valence electrons. The molecule has 24 heavy (non-hydrogen) atoms. The van der Waals surface area contributed by atoms with E-state index >= 15 is 0 Å². The summed E-state index contributed by atoms with van der Waals surface area (Å²) in [6.45, 7) is 5.56. The molecule has 2 aliphatic rings. The molecule has 1 heterocycles. The second kappa shape index (κ2) is 6.66. The molecule has 0 aromatic heterocycles. The van der Waals surface area contributed by atoms with Gasteiger partial charge in [-0.15, -0.1) is 0 Å². The van der Waals surface area contributed by atoms with E-state index in [0.29, 0.717) is 5.92 Å². The molecule has 2 N–H and O–H groups in total. The van der Waals surface area contributed by atoms with Crippen molar-refractivity contribution in [2.75, 3.05) is 43.4 Å². The minimum Gasteiger partial charge on any atom is -0.399 e. The summed E-state index contributed by atoms with van der Waals surface area (Å²) in [6, 6.07) is 14.6. The summed E-state index contributed by atoms with van der Waals surface area (Å²) in [5, 5.41) is 0.802. The lowest BCUT2D eigenvalue weighted by Gasteiger charge is -2.37. The van der Waals surface area contributed by atoms with Crippen molar-refractivity contribution < 1.29 is 0 Å². The van der Waals surface area contributed by atoms with Gasteiger partial charge in [-0.1, -0.05) is 17.7 Å². The SMILES string of the molecule is Nc1ccc2c(c1)C(CN1CCN(c3ccc(Cl)cc3)CC1)CC2. The van der Waals surface area contributed by atoms with Crippen LogP contribution < -0.4 is 10.6 Å². The summed E-state index contributed by atoms with van der Waals surface area (Å²) in [7, 11) is 0. The average molecular weight is 342 g/mol. The van der Waals surface area contributed by atoms with Gasteiger partial charge in [-0.25, -0.2) is 0 Å². The van der Waals surface area contributed by atoms with E-state index in [4.69, 9.17) is 17.3 Å². The third-order valence-corrected chi connectivity index (χ3v) is 5.67. The van der Waals surface area contributed by atoms with E-state index in [9.17, 15) is 0 Å². The number of aryl methyl sites for hydroxylation is 1. The van der Waals surface area contributed by atoms with Crippen LogP contribution >= 0.6 is 11.6 Å². The third kappa shape index (κ3) is 3.24. The highest BCUT2D eigenvalue weighted by Gasteiger charge is 2.26. The Hall–Kier alpha value is -1.71. The maximum absolute atomic E-state index is 5.99. The van der Waals surface area contributed by atoms with E-state index in [1.807, 2.05) is 18.2 Å². The van der Waals surface area contributed by atoms with Crippen molar-refractivity contribution in [2.24, 2.45) is 0 Å². The van der Waals surface area contributed by atoms with Crippen molar-refractivity contribution in [1.29, 1.82) is 0 Å². The number of nitrogen functional groups attached to an aromatic ring is 1. The molecule has 1 unspecified atom stereocenters. The molecule has 3 nitrogen and oxygen atoms in total. The van der Waals surface area contributed by atoms with Crippen LogP contribution in [0.25, 0.3) is 0 Å². The fourth-order valence-corrected chi connectivity index (χ4v) is 4.17. The average Bonchev–Trinajstić information content (AvgIpc) is 2.98. The Bertz CT molecular complexity index is 705. The zero-order valence-electron chi connectivity index (χ0n) is 13.9. The number of piperazine rings is 1. The van der Waals surface area contributed by atoms with Crippen molar-refractivity contribution in [3.05, 3.63) is 58.6 Å². The molecular weight excluding hydrogens is 318 g/mol. The highest BCUT2D eigenvalue weighted by molar-refractivity contribution is 6.30. The van der Waals surface area contributed by atoms with E-state index in [2.05, 4.69) is 34.1 Å². The molecule has 4 rings (SSSR count). The smallest absolute Gasteiger partial charge is 0.0407 e. The second-order valence-electron chi connectivity index (χ2n) is 6.96. The molecule has 0 saturated carbocycles. The van der Waals surface area contributed by atoms with Gasteiger partial charge in [-0.05, 0) is 66.3 Å². The van der Waals surface area contributed by atoms with Crippen LogP contribution in [0, 0.1) is 0 Å². The van der Waals surface area contributed by atoms with E-state index in [-0.39, 0.29) is 0 Å². The zero-order valence-corrected chi connectivity index (χ0v) is 14.7. The largest absolute Gasteiger partial charge is 0.399 e. The molecule has 4 heteroatoms. The maximum Gasteiger partial charge on any atom is 0.0407 e. The van der Waals surface area contributed by atoms with Gasteiger partial charge in [0.15, 0.2) is 0 Å². The Morgan fingerprint density at radius 3 is 2.50 bits per heavy atom. The van der Waals surface area contributed by atoms with Gasteiger partial charge in [0.2, 0.25) is 0 Å². The predicted molar refractivity (Wildman–Crippen MR) is 102 cm³/mol.